The quantitative estimate of drug-likeness (QED) is 0.673. The molecule has 0 saturated heterocycles. The Labute approximate surface area is 140 Å². The van der Waals surface area contributed by atoms with E-state index in [9.17, 15) is 14.9 Å². The molecule has 0 saturated carbocycles. The van der Waals surface area contributed by atoms with Gasteiger partial charge < -0.3 is 10.2 Å². The summed E-state index contributed by atoms with van der Waals surface area (Å²) < 4.78 is 0. The first kappa shape index (κ1) is 17.4. The highest BCUT2D eigenvalue weighted by Gasteiger charge is 2.13. The third-order valence-corrected chi connectivity index (χ3v) is 3.66. The molecule has 0 radical (unpaired) electrons. The second-order valence-corrected chi connectivity index (χ2v) is 5.81. The van der Waals surface area contributed by atoms with E-state index in [1.54, 1.807) is 11.9 Å². The summed E-state index contributed by atoms with van der Waals surface area (Å²) in [4.78, 5) is 28.1. The lowest BCUT2D eigenvalue weighted by Gasteiger charge is -2.19. The molecular weight excluding hydrogens is 308 g/mol. The van der Waals surface area contributed by atoms with Crippen LogP contribution in [0.3, 0.4) is 0 Å². The Morgan fingerprint density at radius 2 is 1.88 bits per heavy atom. The van der Waals surface area contributed by atoms with E-state index in [1.807, 2.05) is 32.9 Å². The lowest BCUT2D eigenvalue weighted by molar-refractivity contribution is -0.385. The standard InChI is InChI=1S/C17H20N4O3/c1-11-7-12(2)17(13(3)8-11)19-16(22)10-20(4)15-6-5-14(9-18-15)21(23)24/h5-9H,10H2,1-4H3,(H,19,22). The van der Waals surface area contributed by atoms with Gasteiger partial charge in [0.25, 0.3) is 5.69 Å². The molecule has 2 aromatic rings. The van der Waals surface area contributed by atoms with Crippen LogP contribution in [0.5, 0.6) is 0 Å². The average molecular weight is 328 g/mol. The number of nitrogens with zero attached hydrogens (tertiary/aromatic N) is 3. The van der Waals surface area contributed by atoms with E-state index in [1.165, 1.54) is 18.3 Å². The number of rotatable bonds is 5. The predicted octanol–water partition coefficient (Wildman–Crippen LogP) is 2.99. The van der Waals surface area contributed by atoms with Crippen LogP contribution in [-0.4, -0.2) is 29.4 Å². The number of carbonyl (C=O) groups excluding carboxylic acids is 1. The molecule has 0 spiro atoms. The molecule has 0 aliphatic heterocycles. The monoisotopic (exact) mass is 328 g/mol. The van der Waals surface area contributed by atoms with Gasteiger partial charge in [-0.05, 0) is 38.0 Å². The van der Waals surface area contributed by atoms with Gasteiger partial charge >= 0.3 is 0 Å². The maximum atomic E-state index is 12.3. The smallest absolute Gasteiger partial charge is 0.287 e. The first-order valence-electron chi connectivity index (χ1n) is 7.47. The van der Waals surface area contributed by atoms with Crippen LogP contribution in [0.2, 0.25) is 0 Å². The van der Waals surface area contributed by atoms with Crippen LogP contribution in [-0.2, 0) is 4.79 Å². The first-order chi connectivity index (χ1) is 11.3. The van der Waals surface area contributed by atoms with Crippen molar-refractivity contribution >= 4 is 23.1 Å². The van der Waals surface area contributed by atoms with E-state index in [0.717, 1.165) is 22.4 Å². The van der Waals surface area contributed by atoms with Gasteiger partial charge in [0.05, 0.1) is 11.5 Å². The minimum absolute atomic E-state index is 0.0810. The molecule has 0 atom stereocenters. The number of aryl methyl sites for hydroxylation is 3. The molecule has 0 aliphatic carbocycles. The Hall–Kier alpha value is -2.96. The zero-order chi connectivity index (χ0) is 17.9. The molecule has 2 rings (SSSR count). The topological polar surface area (TPSA) is 88.4 Å². The van der Waals surface area contributed by atoms with Crippen molar-refractivity contribution in [3.05, 3.63) is 57.3 Å². The molecule has 0 bridgehead atoms. The lowest BCUT2D eigenvalue weighted by Crippen LogP contribution is -2.31. The van der Waals surface area contributed by atoms with Gasteiger partial charge in [-0.25, -0.2) is 4.98 Å². The number of amides is 1. The van der Waals surface area contributed by atoms with Crippen LogP contribution in [0.25, 0.3) is 0 Å². The molecule has 1 aromatic carbocycles. The number of pyridine rings is 1. The first-order valence-corrected chi connectivity index (χ1v) is 7.47. The van der Waals surface area contributed by atoms with Crippen molar-refractivity contribution in [3.8, 4) is 0 Å². The number of benzene rings is 1. The van der Waals surface area contributed by atoms with Crippen molar-refractivity contribution in [2.45, 2.75) is 20.8 Å². The van der Waals surface area contributed by atoms with Gasteiger partial charge in [0, 0.05) is 18.8 Å². The van der Waals surface area contributed by atoms with E-state index in [0.29, 0.717) is 5.82 Å². The fraction of sp³-hybridized carbons (Fsp3) is 0.294. The highest BCUT2D eigenvalue weighted by molar-refractivity contribution is 5.95. The third-order valence-electron chi connectivity index (χ3n) is 3.66. The van der Waals surface area contributed by atoms with Crippen molar-refractivity contribution in [1.82, 2.24) is 4.98 Å². The van der Waals surface area contributed by atoms with Crippen molar-refractivity contribution in [2.24, 2.45) is 0 Å². The summed E-state index contributed by atoms with van der Waals surface area (Å²) in [5, 5.41) is 13.6. The van der Waals surface area contributed by atoms with Crippen LogP contribution in [0.1, 0.15) is 16.7 Å². The number of nitro groups is 1. The molecule has 1 heterocycles. The van der Waals surface area contributed by atoms with E-state index in [4.69, 9.17) is 0 Å². The second-order valence-electron chi connectivity index (χ2n) is 5.81. The molecule has 1 amide bonds. The number of nitrogens with one attached hydrogen (secondary N) is 1. The van der Waals surface area contributed by atoms with Gasteiger partial charge in [-0.2, -0.15) is 0 Å². The Balaban J connectivity index is 2.05. The number of hydrogen-bond donors (Lipinski definition) is 1. The highest BCUT2D eigenvalue weighted by atomic mass is 16.6. The van der Waals surface area contributed by atoms with Gasteiger partial charge in [0.2, 0.25) is 5.91 Å². The summed E-state index contributed by atoms with van der Waals surface area (Å²) in [6.07, 6.45) is 1.18. The van der Waals surface area contributed by atoms with Crippen LogP contribution >= 0.6 is 0 Å². The maximum Gasteiger partial charge on any atom is 0.287 e. The molecule has 126 valence electrons. The number of likely N-dealkylation sites (N-methyl/N-ethyl adjacent to an activating group) is 1. The average Bonchev–Trinajstić information content (AvgIpc) is 2.50. The van der Waals surface area contributed by atoms with E-state index >= 15 is 0 Å². The maximum absolute atomic E-state index is 12.3. The fourth-order valence-corrected chi connectivity index (χ4v) is 2.56. The Kier molecular flexibility index (Phi) is 5.13. The summed E-state index contributed by atoms with van der Waals surface area (Å²) in [5.41, 5.74) is 3.90. The third kappa shape index (κ3) is 4.07. The molecule has 7 heteroatoms. The molecule has 1 N–H and O–H groups in total. The van der Waals surface area contributed by atoms with Crippen LogP contribution in [0, 0.1) is 30.9 Å². The number of hydrogen-bond acceptors (Lipinski definition) is 5. The van der Waals surface area contributed by atoms with Gasteiger partial charge in [0.1, 0.15) is 12.0 Å². The molecule has 0 fully saturated rings. The normalized spacial score (nSPS) is 10.3. The molecular formula is C17H20N4O3. The highest BCUT2D eigenvalue weighted by Crippen LogP contribution is 2.22. The number of anilines is 2. The summed E-state index contributed by atoms with van der Waals surface area (Å²) in [5.74, 6) is 0.320. The molecule has 0 unspecified atom stereocenters. The Morgan fingerprint density at radius 3 is 2.38 bits per heavy atom. The fourth-order valence-electron chi connectivity index (χ4n) is 2.56. The van der Waals surface area contributed by atoms with Crippen LogP contribution < -0.4 is 10.2 Å². The summed E-state index contributed by atoms with van der Waals surface area (Å²) in [6.45, 7) is 6.02. The van der Waals surface area contributed by atoms with Crippen LogP contribution in [0.15, 0.2) is 30.5 Å². The van der Waals surface area contributed by atoms with Crippen molar-refractivity contribution < 1.29 is 9.72 Å². The van der Waals surface area contributed by atoms with E-state index in [-0.39, 0.29) is 18.1 Å². The predicted molar refractivity (Wildman–Crippen MR) is 93.4 cm³/mol. The summed E-state index contributed by atoms with van der Waals surface area (Å²) >= 11 is 0. The summed E-state index contributed by atoms with van der Waals surface area (Å²) in [6, 6.07) is 6.92. The van der Waals surface area contributed by atoms with Crippen molar-refractivity contribution in [1.29, 1.82) is 0 Å². The minimum atomic E-state index is -0.508. The van der Waals surface area contributed by atoms with E-state index in [2.05, 4.69) is 10.3 Å². The lowest BCUT2D eigenvalue weighted by atomic mass is 10.1. The van der Waals surface area contributed by atoms with Crippen molar-refractivity contribution in [3.63, 3.8) is 0 Å². The molecule has 1 aromatic heterocycles. The van der Waals surface area contributed by atoms with Crippen LogP contribution in [0.4, 0.5) is 17.2 Å². The SMILES string of the molecule is Cc1cc(C)c(NC(=O)CN(C)c2ccc([N+](=O)[O-])cn2)c(C)c1. The molecule has 24 heavy (non-hydrogen) atoms. The van der Waals surface area contributed by atoms with Gasteiger partial charge in [-0.15, -0.1) is 0 Å². The zero-order valence-electron chi connectivity index (χ0n) is 14.2. The largest absolute Gasteiger partial charge is 0.350 e. The van der Waals surface area contributed by atoms with Gasteiger partial charge in [-0.3, -0.25) is 14.9 Å². The second kappa shape index (κ2) is 7.08. The van der Waals surface area contributed by atoms with Gasteiger partial charge in [-0.1, -0.05) is 17.7 Å². The molecule has 7 nitrogen and oxygen atoms in total. The van der Waals surface area contributed by atoms with Crippen molar-refractivity contribution in [2.75, 3.05) is 23.8 Å². The number of aromatic nitrogens is 1. The zero-order valence-corrected chi connectivity index (χ0v) is 14.2. The minimum Gasteiger partial charge on any atom is -0.350 e. The number of carbonyl (C=O) groups is 1. The van der Waals surface area contributed by atoms with Gasteiger partial charge in [0.15, 0.2) is 0 Å². The molecule has 0 aliphatic rings. The summed E-state index contributed by atoms with van der Waals surface area (Å²) in [7, 11) is 1.71. The Bertz CT molecular complexity index is 749. The Morgan fingerprint density at radius 1 is 1.25 bits per heavy atom. The van der Waals surface area contributed by atoms with E-state index < -0.39 is 4.92 Å².